The van der Waals surface area contributed by atoms with Crippen LogP contribution in [0.25, 0.3) is 0 Å². The van der Waals surface area contributed by atoms with Crippen molar-refractivity contribution in [1.29, 1.82) is 0 Å². The third kappa shape index (κ3) is 7.58. The minimum absolute atomic E-state index is 0.0116. The van der Waals surface area contributed by atoms with Crippen molar-refractivity contribution in [3.63, 3.8) is 0 Å². The highest BCUT2D eigenvalue weighted by molar-refractivity contribution is 7.89. The third-order valence-electron chi connectivity index (χ3n) is 2.29. The third-order valence-corrected chi connectivity index (χ3v) is 4.05. The van der Waals surface area contributed by atoms with Gasteiger partial charge in [0.05, 0.1) is 10.8 Å². The molecular weight excluding hydrogens is 320 g/mol. The van der Waals surface area contributed by atoms with E-state index in [0.29, 0.717) is 18.0 Å². The van der Waals surface area contributed by atoms with Gasteiger partial charge in [-0.2, -0.15) is 0 Å². The van der Waals surface area contributed by atoms with Crippen LogP contribution in [0.2, 0.25) is 0 Å². The number of aromatic nitrogens is 1. The molecule has 0 aliphatic rings. The lowest BCUT2D eigenvalue weighted by Gasteiger charge is -2.06. The summed E-state index contributed by atoms with van der Waals surface area (Å²) in [6.45, 7) is 0.496. The summed E-state index contributed by atoms with van der Waals surface area (Å²) in [5.74, 6) is -1.28. The number of nitrogens with two attached hydrogens (primary N) is 1. The van der Waals surface area contributed by atoms with Gasteiger partial charge in [-0.25, -0.2) is 28.1 Å². The van der Waals surface area contributed by atoms with Crippen molar-refractivity contribution in [3.05, 3.63) is 16.1 Å². The van der Waals surface area contributed by atoms with E-state index in [0.717, 1.165) is 0 Å². The molecule has 0 atom stereocenters. The Kier molecular flexibility index (Phi) is 6.52. The smallest absolute Gasteiger partial charge is 0.355 e. The molecule has 0 saturated carbocycles. The Bertz CT molecular complexity index is 598. The largest absolute Gasteiger partial charge is 0.476 e. The molecule has 0 aliphatic heterocycles. The molecule has 1 rings (SSSR count). The predicted octanol–water partition coefficient (Wildman–Crippen LogP) is -0.638. The lowest BCUT2D eigenvalue weighted by molar-refractivity contribution is 0.0691. The average molecular weight is 336 g/mol. The lowest BCUT2D eigenvalue weighted by Crippen LogP contribution is -2.37. The van der Waals surface area contributed by atoms with Crippen LogP contribution in [0, 0.1) is 0 Å². The van der Waals surface area contributed by atoms with E-state index in [2.05, 4.69) is 15.6 Å². The zero-order chi connectivity index (χ0) is 15.9. The fourth-order valence-electron chi connectivity index (χ4n) is 1.34. The van der Waals surface area contributed by atoms with Gasteiger partial charge < -0.3 is 15.7 Å². The lowest BCUT2D eigenvalue weighted by atomic mass is 10.4. The first kappa shape index (κ1) is 17.3. The number of hydrogen-bond donors (Lipinski definition) is 4. The summed E-state index contributed by atoms with van der Waals surface area (Å²) >= 11 is 1.21. The molecule has 5 N–H and O–H groups in total. The normalized spacial score (nSPS) is 11.1. The van der Waals surface area contributed by atoms with Gasteiger partial charge in [-0.3, -0.25) is 0 Å². The van der Waals surface area contributed by atoms with E-state index in [4.69, 9.17) is 10.2 Å². The molecule has 0 aromatic carbocycles. The molecule has 0 fully saturated rings. The van der Waals surface area contributed by atoms with Crippen molar-refractivity contribution in [2.24, 2.45) is 5.14 Å². The van der Waals surface area contributed by atoms with Crippen molar-refractivity contribution in [2.75, 3.05) is 18.8 Å². The average Bonchev–Trinajstić information content (AvgIpc) is 2.82. The number of carbonyl (C=O) groups is 2. The van der Waals surface area contributed by atoms with Crippen LogP contribution in [0.5, 0.6) is 0 Å². The molecule has 1 aromatic rings. The van der Waals surface area contributed by atoms with Gasteiger partial charge in [0.15, 0.2) is 5.69 Å². The zero-order valence-electron chi connectivity index (χ0n) is 11.0. The molecule has 0 radical (unpaired) electrons. The molecule has 1 aromatic heterocycles. The van der Waals surface area contributed by atoms with Crippen LogP contribution in [0.3, 0.4) is 0 Å². The quantitative estimate of drug-likeness (QED) is 0.463. The number of nitrogens with zero attached hydrogens (tertiary/aromatic N) is 1. The zero-order valence-corrected chi connectivity index (χ0v) is 12.7. The number of primary sulfonamides is 1. The molecule has 2 amide bonds. The van der Waals surface area contributed by atoms with Gasteiger partial charge in [0.1, 0.15) is 0 Å². The van der Waals surface area contributed by atoms with Crippen molar-refractivity contribution in [1.82, 2.24) is 15.6 Å². The van der Waals surface area contributed by atoms with E-state index < -0.39 is 22.0 Å². The molecule has 0 unspecified atom stereocenters. The highest BCUT2D eigenvalue weighted by atomic mass is 32.2. The van der Waals surface area contributed by atoms with Crippen LogP contribution in [0.4, 0.5) is 4.79 Å². The van der Waals surface area contributed by atoms with Gasteiger partial charge in [-0.05, 0) is 6.42 Å². The highest BCUT2D eigenvalue weighted by Gasteiger charge is 2.09. The molecule has 0 bridgehead atoms. The second kappa shape index (κ2) is 7.90. The molecule has 1 heterocycles. The Morgan fingerprint density at radius 1 is 1.33 bits per heavy atom. The molecule has 118 valence electrons. The number of nitrogens with one attached hydrogen (secondary N) is 2. The molecule has 11 heteroatoms. The summed E-state index contributed by atoms with van der Waals surface area (Å²) in [6, 6.07) is -0.431. The van der Waals surface area contributed by atoms with Gasteiger partial charge in [0, 0.05) is 24.9 Å². The Morgan fingerprint density at radius 3 is 2.57 bits per heavy atom. The first-order valence-corrected chi connectivity index (χ1v) is 8.57. The molecule has 0 aliphatic carbocycles. The highest BCUT2D eigenvalue weighted by Crippen LogP contribution is 2.09. The number of amides is 2. The van der Waals surface area contributed by atoms with Gasteiger partial charge in [0.2, 0.25) is 10.0 Å². The van der Waals surface area contributed by atoms with Crippen molar-refractivity contribution in [3.8, 4) is 0 Å². The van der Waals surface area contributed by atoms with Crippen LogP contribution in [0.1, 0.15) is 21.9 Å². The Hall–Kier alpha value is -1.72. The van der Waals surface area contributed by atoms with Crippen LogP contribution < -0.4 is 15.8 Å². The van der Waals surface area contributed by atoms with E-state index in [9.17, 15) is 18.0 Å². The number of urea groups is 1. The fraction of sp³-hybridized carbons (Fsp3) is 0.500. The number of aromatic carboxylic acids is 1. The van der Waals surface area contributed by atoms with Crippen LogP contribution in [-0.4, -0.2) is 49.4 Å². The summed E-state index contributed by atoms with van der Waals surface area (Å²) in [7, 11) is -3.51. The maximum Gasteiger partial charge on any atom is 0.355 e. The number of rotatable bonds is 8. The standard InChI is InChI=1S/C10H16N4O5S2/c11-21(18,19)5-1-3-12-10(17)13-4-2-8-14-7(6-20-8)9(15)16/h6H,1-5H2,(H,15,16)(H2,11,18,19)(H2,12,13,17). The van der Waals surface area contributed by atoms with E-state index in [1.54, 1.807) is 0 Å². The monoisotopic (exact) mass is 336 g/mol. The fourth-order valence-corrected chi connectivity index (χ4v) is 2.66. The predicted molar refractivity (Wildman–Crippen MR) is 76.8 cm³/mol. The maximum atomic E-state index is 11.4. The molecule has 0 saturated heterocycles. The number of carboxylic acids is 1. The number of carbonyl (C=O) groups excluding carboxylic acids is 1. The summed E-state index contributed by atoms with van der Waals surface area (Å²) in [5, 5.41) is 20.6. The number of hydrogen-bond acceptors (Lipinski definition) is 6. The maximum absolute atomic E-state index is 11.4. The summed E-state index contributed by atoms with van der Waals surface area (Å²) < 4.78 is 21.3. The summed E-state index contributed by atoms with van der Waals surface area (Å²) in [4.78, 5) is 25.9. The second-order valence-electron chi connectivity index (χ2n) is 4.08. The molecular formula is C10H16N4O5S2. The minimum atomic E-state index is -3.51. The first-order valence-electron chi connectivity index (χ1n) is 5.98. The SMILES string of the molecule is NS(=O)(=O)CCCNC(=O)NCCc1nc(C(=O)O)cs1. The van der Waals surface area contributed by atoms with E-state index in [1.807, 2.05) is 0 Å². The Morgan fingerprint density at radius 2 is 2.00 bits per heavy atom. The Balaban J connectivity index is 2.17. The number of carboxylic acid groups (broad SMARTS) is 1. The van der Waals surface area contributed by atoms with Gasteiger partial charge in [-0.15, -0.1) is 11.3 Å². The van der Waals surface area contributed by atoms with Crippen LogP contribution >= 0.6 is 11.3 Å². The van der Waals surface area contributed by atoms with E-state index >= 15 is 0 Å². The molecule has 0 spiro atoms. The number of sulfonamides is 1. The second-order valence-corrected chi connectivity index (χ2v) is 6.76. The van der Waals surface area contributed by atoms with Crippen molar-refractivity contribution < 1.29 is 23.1 Å². The van der Waals surface area contributed by atoms with Crippen LogP contribution in [0.15, 0.2) is 5.38 Å². The Labute approximate surface area is 125 Å². The van der Waals surface area contributed by atoms with Gasteiger partial charge in [0.25, 0.3) is 0 Å². The van der Waals surface area contributed by atoms with E-state index in [-0.39, 0.29) is 24.4 Å². The van der Waals surface area contributed by atoms with E-state index in [1.165, 1.54) is 16.7 Å². The summed E-state index contributed by atoms with van der Waals surface area (Å²) in [6.07, 6.45) is 0.656. The van der Waals surface area contributed by atoms with Crippen molar-refractivity contribution in [2.45, 2.75) is 12.8 Å². The molecule has 21 heavy (non-hydrogen) atoms. The van der Waals surface area contributed by atoms with Gasteiger partial charge >= 0.3 is 12.0 Å². The van der Waals surface area contributed by atoms with Crippen LogP contribution in [-0.2, 0) is 16.4 Å². The van der Waals surface area contributed by atoms with Gasteiger partial charge in [-0.1, -0.05) is 0 Å². The summed E-state index contributed by atoms with van der Waals surface area (Å²) in [5.41, 5.74) is -0.0116. The number of thiazole rings is 1. The van der Waals surface area contributed by atoms with Crippen molar-refractivity contribution >= 4 is 33.4 Å². The minimum Gasteiger partial charge on any atom is -0.476 e. The molecule has 9 nitrogen and oxygen atoms in total. The first-order chi connectivity index (χ1) is 9.78. The topological polar surface area (TPSA) is 151 Å².